The van der Waals surface area contributed by atoms with Gasteiger partial charge in [0.1, 0.15) is 0 Å². The maximum absolute atomic E-state index is 12.7. The van der Waals surface area contributed by atoms with Crippen molar-refractivity contribution in [2.45, 2.75) is 72.3 Å². The minimum Gasteiger partial charge on any atom is -0.388 e. The zero-order valence-corrected chi connectivity index (χ0v) is 24.6. The van der Waals surface area contributed by atoms with Crippen molar-refractivity contribution < 1.29 is 9.59 Å². The maximum atomic E-state index is 12.7. The molecule has 1 saturated heterocycles. The number of anilines is 2. The average molecular weight is 548 g/mol. The second-order valence-corrected chi connectivity index (χ2v) is 10.00. The Morgan fingerprint density at radius 3 is 2.56 bits per heavy atom. The Hall–Kier alpha value is -3.70. The zero-order valence-electron chi connectivity index (χ0n) is 23.8. The average Bonchev–Trinajstić information content (AvgIpc) is 3.61. The predicted molar refractivity (Wildman–Crippen MR) is 161 cm³/mol. The van der Waals surface area contributed by atoms with Crippen molar-refractivity contribution in [1.29, 1.82) is 5.26 Å². The first-order valence-electron chi connectivity index (χ1n) is 13.8. The first-order valence-corrected chi connectivity index (χ1v) is 14.6. The molecule has 8 heteroatoms. The lowest BCUT2D eigenvalue weighted by Crippen LogP contribution is -2.21. The van der Waals surface area contributed by atoms with Crippen molar-refractivity contribution in [2.24, 2.45) is 0 Å². The van der Waals surface area contributed by atoms with Crippen LogP contribution in [0.25, 0.3) is 0 Å². The molecule has 4 rings (SSSR count). The van der Waals surface area contributed by atoms with E-state index in [0.717, 1.165) is 68.4 Å². The zero-order chi connectivity index (χ0) is 28.6. The summed E-state index contributed by atoms with van der Waals surface area (Å²) in [5.41, 5.74) is 4.39. The van der Waals surface area contributed by atoms with E-state index in [4.69, 9.17) is 5.26 Å². The van der Waals surface area contributed by atoms with E-state index in [1.165, 1.54) is 4.88 Å². The van der Waals surface area contributed by atoms with Crippen LogP contribution in [0.3, 0.4) is 0 Å². The molecule has 2 N–H and O–H groups in total. The van der Waals surface area contributed by atoms with Gasteiger partial charge >= 0.3 is 0 Å². The Labute approximate surface area is 237 Å². The predicted octanol–water partition coefficient (Wildman–Crippen LogP) is 7.22. The number of aromatic nitrogens is 1. The lowest BCUT2D eigenvalue weighted by atomic mass is 10.0. The highest BCUT2D eigenvalue weighted by Gasteiger charge is 2.25. The normalized spacial score (nSPS) is 13.7. The fourth-order valence-corrected chi connectivity index (χ4v) is 5.47. The molecule has 208 valence electrons. The van der Waals surface area contributed by atoms with E-state index in [1.54, 1.807) is 23.5 Å². The molecular formula is C31H41N5O2S. The van der Waals surface area contributed by atoms with Crippen molar-refractivity contribution in [2.75, 3.05) is 24.2 Å². The van der Waals surface area contributed by atoms with Crippen LogP contribution in [0, 0.1) is 11.3 Å². The molecular weight excluding hydrogens is 506 g/mol. The first-order chi connectivity index (χ1) is 19.0. The van der Waals surface area contributed by atoms with Crippen molar-refractivity contribution in [3.05, 3.63) is 75.8 Å². The van der Waals surface area contributed by atoms with Crippen molar-refractivity contribution in [1.82, 2.24) is 9.88 Å². The highest BCUT2D eigenvalue weighted by Crippen LogP contribution is 2.31. The number of likely N-dealkylation sites (tertiary alicyclic amines) is 1. The van der Waals surface area contributed by atoms with E-state index in [0.29, 0.717) is 16.3 Å². The molecule has 1 aromatic heterocycles. The number of carbonyl (C=O) groups excluding carboxylic acids is 2. The van der Waals surface area contributed by atoms with Crippen LogP contribution in [0.4, 0.5) is 10.8 Å². The van der Waals surface area contributed by atoms with Gasteiger partial charge in [-0.2, -0.15) is 5.26 Å². The van der Waals surface area contributed by atoms with Gasteiger partial charge in [0.25, 0.3) is 5.91 Å². The maximum Gasteiger partial charge on any atom is 0.257 e. The van der Waals surface area contributed by atoms with E-state index in [9.17, 15) is 9.59 Å². The third kappa shape index (κ3) is 9.22. The summed E-state index contributed by atoms with van der Waals surface area (Å²) >= 11 is 1.58. The minimum atomic E-state index is -0.146. The van der Waals surface area contributed by atoms with Gasteiger partial charge in [-0.25, -0.2) is 4.98 Å². The highest BCUT2D eigenvalue weighted by molar-refractivity contribution is 7.15. The number of carbonyl (C=O) groups is 2. The number of nitriles is 1. The highest BCUT2D eigenvalue weighted by atomic mass is 32.1. The van der Waals surface area contributed by atoms with Crippen molar-refractivity contribution >= 4 is 34.5 Å². The largest absolute Gasteiger partial charge is 0.388 e. The molecule has 0 spiro atoms. The van der Waals surface area contributed by atoms with Gasteiger partial charge in [0.15, 0.2) is 5.13 Å². The second-order valence-electron chi connectivity index (χ2n) is 8.91. The third-order valence-corrected chi connectivity index (χ3v) is 7.28. The third-order valence-electron chi connectivity index (χ3n) is 6.21. The van der Waals surface area contributed by atoms with E-state index in [1.807, 2.05) is 62.2 Å². The number of aryl methyl sites for hydroxylation is 2. The molecule has 3 aromatic rings. The minimum absolute atomic E-state index is 0.0717. The lowest BCUT2D eigenvalue weighted by Gasteiger charge is -2.20. The van der Waals surface area contributed by atoms with Gasteiger partial charge in [-0.1, -0.05) is 58.7 Å². The number of hydrogen-bond donors (Lipinski definition) is 2. The van der Waals surface area contributed by atoms with Gasteiger partial charge in [0.2, 0.25) is 6.41 Å². The van der Waals surface area contributed by atoms with Gasteiger partial charge < -0.3 is 10.2 Å². The summed E-state index contributed by atoms with van der Waals surface area (Å²) in [4.78, 5) is 31.7. The van der Waals surface area contributed by atoms with Crippen LogP contribution in [0.5, 0.6) is 0 Å². The van der Waals surface area contributed by atoms with Gasteiger partial charge in [-0.05, 0) is 61.6 Å². The van der Waals surface area contributed by atoms with E-state index < -0.39 is 0 Å². The number of nitrogens with zero attached hydrogens (tertiary/aromatic N) is 3. The van der Waals surface area contributed by atoms with Crippen LogP contribution in [-0.2, 0) is 17.6 Å². The fourth-order valence-electron chi connectivity index (χ4n) is 4.37. The van der Waals surface area contributed by atoms with Gasteiger partial charge in [-0.15, -0.1) is 11.3 Å². The molecule has 0 saturated carbocycles. The van der Waals surface area contributed by atoms with Crippen LogP contribution in [0.2, 0.25) is 0 Å². The van der Waals surface area contributed by atoms with Gasteiger partial charge in [-0.3, -0.25) is 14.9 Å². The SMILES string of the molecule is CC.CCCc1nc(NC(=O)c2cccc([C@H]3CCCN3C=O)c2)sc1CCC.CNc1cccc(C#N)c1. The molecule has 1 atom stereocenters. The summed E-state index contributed by atoms with van der Waals surface area (Å²) in [6.07, 6.45) is 6.91. The Kier molecular flexibility index (Phi) is 13.7. The number of thiazole rings is 1. The molecule has 0 radical (unpaired) electrons. The summed E-state index contributed by atoms with van der Waals surface area (Å²) < 4.78 is 0. The van der Waals surface area contributed by atoms with E-state index in [2.05, 4.69) is 35.5 Å². The van der Waals surface area contributed by atoms with Crippen molar-refractivity contribution in [3.8, 4) is 6.07 Å². The fraction of sp³-hybridized carbons (Fsp3) is 0.419. The number of rotatable bonds is 9. The molecule has 39 heavy (non-hydrogen) atoms. The van der Waals surface area contributed by atoms with Crippen molar-refractivity contribution in [3.63, 3.8) is 0 Å². The number of benzene rings is 2. The quantitative estimate of drug-likeness (QED) is 0.276. The molecule has 2 amide bonds. The topological polar surface area (TPSA) is 98.1 Å². The van der Waals surface area contributed by atoms with Gasteiger partial charge in [0.05, 0.1) is 23.4 Å². The number of amides is 2. The Bertz CT molecular complexity index is 1210. The van der Waals surface area contributed by atoms with Crippen LogP contribution >= 0.6 is 11.3 Å². The lowest BCUT2D eigenvalue weighted by molar-refractivity contribution is -0.118. The van der Waals surface area contributed by atoms with Crippen LogP contribution < -0.4 is 10.6 Å². The second kappa shape index (κ2) is 17.0. The summed E-state index contributed by atoms with van der Waals surface area (Å²) in [5.74, 6) is -0.146. The molecule has 1 aliphatic rings. The summed E-state index contributed by atoms with van der Waals surface area (Å²) in [6.45, 7) is 9.08. The molecule has 0 unspecified atom stereocenters. The smallest absolute Gasteiger partial charge is 0.257 e. The summed E-state index contributed by atoms with van der Waals surface area (Å²) in [6, 6.07) is 17.1. The Morgan fingerprint density at radius 1 is 1.15 bits per heavy atom. The first kappa shape index (κ1) is 31.5. The standard InChI is InChI=1S/C21H27N3O2S.C8H8N2.C2H6/c1-3-7-17-19(8-4-2)27-21(22-17)23-20(26)16-10-5-9-15(13-16)18-11-6-12-24(18)14-25;1-10-8-4-2-3-7(5-8)6-9;1-2/h5,9-10,13-14,18H,3-4,6-8,11-12H2,1-2H3,(H,22,23,26);2-5,10H,1H3;1-2H3/t18-;;/m1../s1. The molecule has 0 aliphatic carbocycles. The molecule has 1 aliphatic heterocycles. The molecule has 2 heterocycles. The molecule has 7 nitrogen and oxygen atoms in total. The van der Waals surface area contributed by atoms with Crippen LogP contribution in [0.1, 0.15) is 91.5 Å². The number of nitrogens with one attached hydrogen (secondary N) is 2. The van der Waals surface area contributed by atoms with Gasteiger partial charge in [0, 0.05) is 29.7 Å². The van der Waals surface area contributed by atoms with Crippen LogP contribution in [0.15, 0.2) is 48.5 Å². The monoisotopic (exact) mass is 547 g/mol. The molecule has 2 aromatic carbocycles. The van der Waals surface area contributed by atoms with Crippen LogP contribution in [-0.4, -0.2) is 35.8 Å². The number of hydrogen-bond acceptors (Lipinski definition) is 6. The van der Waals surface area contributed by atoms with E-state index in [-0.39, 0.29) is 11.9 Å². The molecule has 1 fully saturated rings. The Morgan fingerprint density at radius 2 is 1.90 bits per heavy atom. The summed E-state index contributed by atoms with van der Waals surface area (Å²) in [5, 5.41) is 15.1. The van der Waals surface area contributed by atoms with E-state index >= 15 is 0 Å². The summed E-state index contributed by atoms with van der Waals surface area (Å²) in [7, 11) is 1.83. The molecule has 0 bridgehead atoms. The Balaban J connectivity index is 0.000000372.